The van der Waals surface area contributed by atoms with E-state index >= 15 is 0 Å². The maximum atomic E-state index is 13.0. The zero-order chi connectivity index (χ0) is 25.2. The Hall–Kier alpha value is -3.60. The number of ether oxygens (including phenoxy) is 1. The molecule has 4 atom stereocenters. The van der Waals surface area contributed by atoms with Crippen LogP contribution < -0.4 is 10.6 Å². The van der Waals surface area contributed by atoms with Gasteiger partial charge in [-0.1, -0.05) is 19.1 Å². The van der Waals surface area contributed by atoms with E-state index in [0.717, 1.165) is 25.0 Å². The molecule has 1 aromatic carbocycles. The minimum absolute atomic E-state index is 0.0183. The summed E-state index contributed by atoms with van der Waals surface area (Å²) in [5.74, 6) is -0.961. The summed E-state index contributed by atoms with van der Waals surface area (Å²) in [7, 11) is 0. The van der Waals surface area contributed by atoms with Gasteiger partial charge in [0.2, 0.25) is 11.8 Å². The van der Waals surface area contributed by atoms with E-state index in [1.807, 2.05) is 6.07 Å². The molecule has 11 nitrogen and oxygen atoms in total. The number of amides is 4. The highest BCUT2D eigenvalue weighted by atomic mass is 16.5. The third-order valence-electron chi connectivity index (χ3n) is 8.12. The zero-order valence-electron chi connectivity index (χ0n) is 20.2. The first-order valence-corrected chi connectivity index (χ1v) is 12.4. The lowest BCUT2D eigenvalue weighted by Crippen LogP contribution is -2.70. The Balaban J connectivity index is 1.16. The molecule has 0 bridgehead atoms. The number of rotatable bonds is 4. The molecule has 4 heterocycles. The van der Waals surface area contributed by atoms with Gasteiger partial charge in [-0.15, -0.1) is 5.10 Å². The van der Waals surface area contributed by atoms with Gasteiger partial charge in [-0.2, -0.15) is 0 Å². The highest BCUT2D eigenvalue weighted by Crippen LogP contribution is 2.51. The van der Waals surface area contributed by atoms with Crippen molar-refractivity contribution in [2.24, 2.45) is 11.3 Å². The summed E-state index contributed by atoms with van der Waals surface area (Å²) in [6, 6.07) is 4.59. The number of fused-ring (bicyclic) bond motifs is 2. The molecule has 2 saturated heterocycles. The van der Waals surface area contributed by atoms with Crippen LogP contribution in [0.5, 0.6) is 0 Å². The largest absolute Gasteiger partial charge is 0.377 e. The van der Waals surface area contributed by atoms with E-state index in [-0.39, 0.29) is 53.9 Å². The normalized spacial score (nSPS) is 28.7. The Labute approximate surface area is 207 Å². The van der Waals surface area contributed by atoms with Gasteiger partial charge in [-0.25, -0.2) is 4.68 Å². The first-order chi connectivity index (χ1) is 17.2. The van der Waals surface area contributed by atoms with E-state index in [4.69, 9.17) is 4.74 Å². The highest BCUT2D eigenvalue weighted by molar-refractivity contribution is 6.05. The van der Waals surface area contributed by atoms with Crippen LogP contribution in [0, 0.1) is 11.3 Å². The van der Waals surface area contributed by atoms with Gasteiger partial charge in [0.15, 0.2) is 5.69 Å². The smallest absolute Gasteiger partial charge is 0.273 e. The van der Waals surface area contributed by atoms with Gasteiger partial charge in [-0.05, 0) is 43.0 Å². The lowest BCUT2D eigenvalue weighted by atomic mass is 9.55. The Bertz CT molecular complexity index is 1290. The third kappa shape index (κ3) is 3.52. The predicted molar refractivity (Wildman–Crippen MR) is 125 cm³/mol. The number of carbonyl (C=O) groups excluding carboxylic acids is 4. The molecular weight excluding hydrogens is 464 g/mol. The molecular formula is C25H28N6O5. The molecule has 11 heteroatoms. The van der Waals surface area contributed by atoms with Crippen molar-refractivity contribution in [1.82, 2.24) is 30.5 Å². The van der Waals surface area contributed by atoms with E-state index in [1.54, 1.807) is 18.3 Å². The molecule has 0 spiro atoms. The summed E-state index contributed by atoms with van der Waals surface area (Å²) in [4.78, 5) is 51.1. The van der Waals surface area contributed by atoms with Gasteiger partial charge in [-0.3, -0.25) is 24.5 Å². The van der Waals surface area contributed by atoms with E-state index in [1.165, 1.54) is 9.58 Å². The molecule has 6 rings (SSSR count). The monoisotopic (exact) mass is 492 g/mol. The van der Waals surface area contributed by atoms with Crippen molar-refractivity contribution in [3.63, 3.8) is 0 Å². The van der Waals surface area contributed by atoms with Crippen LogP contribution in [-0.4, -0.2) is 68.3 Å². The number of benzene rings is 1. The van der Waals surface area contributed by atoms with Crippen LogP contribution in [0.25, 0.3) is 5.69 Å². The Morgan fingerprint density at radius 2 is 2.06 bits per heavy atom. The Morgan fingerprint density at radius 3 is 2.86 bits per heavy atom. The van der Waals surface area contributed by atoms with E-state index in [0.29, 0.717) is 23.6 Å². The first kappa shape index (κ1) is 22.8. The molecule has 0 radical (unpaired) electrons. The van der Waals surface area contributed by atoms with Crippen LogP contribution in [0.15, 0.2) is 24.4 Å². The average molecular weight is 493 g/mol. The lowest BCUT2D eigenvalue weighted by Gasteiger charge is -2.59. The van der Waals surface area contributed by atoms with Gasteiger partial charge in [0.05, 0.1) is 18.0 Å². The first-order valence-electron chi connectivity index (χ1n) is 12.4. The Kier molecular flexibility index (Phi) is 5.22. The molecule has 2 aromatic rings. The molecule has 3 aliphatic heterocycles. The van der Waals surface area contributed by atoms with Crippen molar-refractivity contribution in [3.8, 4) is 5.69 Å². The summed E-state index contributed by atoms with van der Waals surface area (Å²) in [6.07, 6.45) is 4.30. The molecule has 1 saturated carbocycles. The van der Waals surface area contributed by atoms with Crippen molar-refractivity contribution in [1.29, 1.82) is 0 Å². The van der Waals surface area contributed by atoms with E-state index in [2.05, 4.69) is 34.8 Å². The van der Waals surface area contributed by atoms with Crippen LogP contribution in [-0.2, 0) is 20.9 Å². The molecule has 1 aromatic heterocycles. The lowest BCUT2D eigenvalue weighted by molar-refractivity contribution is -0.189. The maximum Gasteiger partial charge on any atom is 0.273 e. The van der Waals surface area contributed by atoms with Gasteiger partial charge in [0.1, 0.15) is 6.04 Å². The third-order valence-corrected chi connectivity index (χ3v) is 8.12. The van der Waals surface area contributed by atoms with Crippen LogP contribution in [0.3, 0.4) is 0 Å². The van der Waals surface area contributed by atoms with Crippen LogP contribution >= 0.6 is 0 Å². The van der Waals surface area contributed by atoms with Crippen molar-refractivity contribution in [2.75, 3.05) is 6.61 Å². The standard InChI is InChI=1S/C25H28N6O5/c1-25(2)20(16-4-3-9-36-21(16)25)27-22(33)17-12-31(29-28-17)14-5-6-15-13(10-14)11-30(24(15)35)18-7-8-19(32)26-23(18)34/h5-6,10,12,16,18,20-21H,3-4,7-9,11H2,1-2H3,(H,27,33)(H,26,32,34). The Morgan fingerprint density at radius 1 is 1.22 bits per heavy atom. The fourth-order valence-electron chi connectivity index (χ4n) is 6.23. The predicted octanol–water partition coefficient (Wildman–Crippen LogP) is 0.962. The number of hydrogen-bond donors (Lipinski definition) is 2. The molecule has 4 unspecified atom stereocenters. The number of aromatic nitrogens is 3. The number of carbonyl (C=O) groups is 4. The fourth-order valence-corrected chi connectivity index (χ4v) is 6.23. The second-order valence-electron chi connectivity index (χ2n) is 10.7. The van der Waals surface area contributed by atoms with E-state index < -0.39 is 11.9 Å². The molecule has 4 amide bonds. The summed E-state index contributed by atoms with van der Waals surface area (Å²) < 4.78 is 7.43. The minimum atomic E-state index is -0.669. The summed E-state index contributed by atoms with van der Waals surface area (Å²) in [5, 5.41) is 13.7. The second-order valence-corrected chi connectivity index (χ2v) is 10.7. The summed E-state index contributed by atoms with van der Waals surface area (Å²) >= 11 is 0. The average Bonchev–Trinajstić information content (AvgIpc) is 3.48. The molecule has 4 aliphatic rings. The number of hydrogen-bond acceptors (Lipinski definition) is 7. The number of nitrogens with one attached hydrogen (secondary N) is 2. The molecule has 2 N–H and O–H groups in total. The van der Waals surface area contributed by atoms with Gasteiger partial charge < -0.3 is 15.0 Å². The van der Waals surface area contributed by atoms with E-state index in [9.17, 15) is 19.2 Å². The highest BCUT2D eigenvalue weighted by Gasteiger charge is 2.58. The van der Waals surface area contributed by atoms with Crippen LogP contribution in [0.2, 0.25) is 0 Å². The summed E-state index contributed by atoms with van der Waals surface area (Å²) in [6.45, 7) is 5.27. The van der Waals surface area contributed by atoms with Crippen molar-refractivity contribution >= 4 is 23.6 Å². The molecule has 3 fully saturated rings. The van der Waals surface area contributed by atoms with Crippen LogP contribution in [0.1, 0.15) is 65.9 Å². The number of imide groups is 1. The van der Waals surface area contributed by atoms with Crippen LogP contribution in [0.4, 0.5) is 0 Å². The molecule has 36 heavy (non-hydrogen) atoms. The van der Waals surface area contributed by atoms with Gasteiger partial charge in [0.25, 0.3) is 11.8 Å². The number of piperidine rings is 1. The fraction of sp³-hybridized carbons (Fsp3) is 0.520. The maximum absolute atomic E-state index is 13.0. The van der Waals surface area contributed by atoms with Crippen molar-refractivity contribution < 1.29 is 23.9 Å². The van der Waals surface area contributed by atoms with Crippen molar-refractivity contribution in [3.05, 3.63) is 41.2 Å². The molecule has 1 aliphatic carbocycles. The second kappa shape index (κ2) is 8.22. The number of nitrogens with zero attached hydrogens (tertiary/aromatic N) is 4. The molecule has 188 valence electrons. The van der Waals surface area contributed by atoms with Gasteiger partial charge >= 0.3 is 0 Å². The van der Waals surface area contributed by atoms with Crippen molar-refractivity contribution in [2.45, 2.75) is 64.3 Å². The van der Waals surface area contributed by atoms with Gasteiger partial charge in [0, 0.05) is 42.5 Å². The topological polar surface area (TPSA) is 136 Å². The zero-order valence-corrected chi connectivity index (χ0v) is 20.2. The summed E-state index contributed by atoms with van der Waals surface area (Å²) in [5.41, 5.74) is 1.99. The SMILES string of the molecule is CC1(C)C(NC(=O)c2cn(-c3ccc4c(c3)CN(C3CCC(=O)NC3=O)C4=O)nn2)C2CCCOC21. The quantitative estimate of drug-likeness (QED) is 0.607. The minimum Gasteiger partial charge on any atom is -0.377 e.